The van der Waals surface area contributed by atoms with Gasteiger partial charge in [0, 0.05) is 19.1 Å². The number of carbonyl (C=O) groups is 1. The number of carbonyl (C=O) groups excluding carboxylic acids is 1. The number of alkyl carbamates (subject to hydrolysis) is 1. The van der Waals surface area contributed by atoms with Gasteiger partial charge in [0.1, 0.15) is 11.7 Å². The summed E-state index contributed by atoms with van der Waals surface area (Å²) in [5.41, 5.74) is 0.807. The molecule has 1 aromatic heterocycles. The Kier molecular flexibility index (Phi) is 5.47. The first kappa shape index (κ1) is 17.5. The number of piperidine rings is 1. The molecule has 0 saturated carbocycles. The lowest BCUT2D eigenvalue weighted by Crippen LogP contribution is -2.49. The number of halogens is 1. The van der Waals surface area contributed by atoms with Crippen molar-refractivity contribution in [3.05, 3.63) is 22.4 Å². The maximum absolute atomic E-state index is 11.9. The first-order valence-electron chi connectivity index (χ1n) is 7.58. The Balaban J connectivity index is 1.99. The van der Waals surface area contributed by atoms with Gasteiger partial charge < -0.3 is 15.0 Å². The molecule has 1 atom stereocenters. The van der Waals surface area contributed by atoms with Gasteiger partial charge in [-0.05, 0) is 55.6 Å². The maximum atomic E-state index is 11.9. The number of pyridine rings is 1. The molecule has 1 aliphatic rings. The van der Waals surface area contributed by atoms with E-state index < -0.39 is 5.60 Å². The Morgan fingerprint density at radius 1 is 1.57 bits per heavy atom. The summed E-state index contributed by atoms with van der Waals surface area (Å²) in [5.74, 6) is 0. The molecule has 1 aromatic rings. The number of hydrogen-bond donors (Lipinski definition) is 1. The van der Waals surface area contributed by atoms with Crippen molar-refractivity contribution in [3.8, 4) is 6.07 Å². The summed E-state index contributed by atoms with van der Waals surface area (Å²) in [4.78, 5) is 18.2. The molecule has 7 heteroatoms. The summed E-state index contributed by atoms with van der Waals surface area (Å²) in [6.07, 6.45) is 3.20. The molecule has 124 valence electrons. The number of aromatic nitrogens is 1. The van der Waals surface area contributed by atoms with Gasteiger partial charge in [0.05, 0.1) is 16.4 Å². The molecule has 0 radical (unpaired) electrons. The van der Waals surface area contributed by atoms with E-state index in [-0.39, 0.29) is 12.1 Å². The van der Waals surface area contributed by atoms with Gasteiger partial charge in [-0.25, -0.2) is 9.78 Å². The number of rotatable bonds is 2. The highest BCUT2D eigenvalue weighted by Gasteiger charge is 2.24. The minimum Gasteiger partial charge on any atom is -0.444 e. The molecule has 1 aliphatic heterocycles. The lowest BCUT2D eigenvalue weighted by Gasteiger charge is -2.35. The predicted octanol–water partition coefficient (Wildman–Crippen LogP) is 3.21. The molecule has 0 unspecified atom stereocenters. The molecule has 0 aliphatic carbocycles. The molecule has 0 bridgehead atoms. The van der Waals surface area contributed by atoms with Crippen LogP contribution in [0.2, 0.25) is 0 Å². The molecule has 1 amide bonds. The largest absolute Gasteiger partial charge is 0.444 e. The van der Waals surface area contributed by atoms with E-state index in [9.17, 15) is 4.79 Å². The van der Waals surface area contributed by atoms with Gasteiger partial charge in [-0.15, -0.1) is 0 Å². The summed E-state index contributed by atoms with van der Waals surface area (Å²) in [7, 11) is 0. The van der Waals surface area contributed by atoms with Gasteiger partial charge in [-0.2, -0.15) is 5.26 Å². The third-order valence-corrected chi connectivity index (χ3v) is 4.04. The average molecular weight is 381 g/mol. The normalized spacial score (nSPS) is 18.2. The van der Waals surface area contributed by atoms with Crippen molar-refractivity contribution in [3.63, 3.8) is 0 Å². The van der Waals surface area contributed by atoms with Crippen molar-refractivity contribution in [1.82, 2.24) is 10.3 Å². The van der Waals surface area contributed by atoms with E-state index >= 15 is 0 Å². The molecule has 6 nitrogen and oxygen atoms in total. The summed E-state index contributed by atoms with van der Waals surface area (Å²) in [5, 5.41) is 11.9. The second kappa shape index (κ2) is 7.18. The first-order chi connectivity index (χ1) is 10.8. The third kappa shape index (κ3) is 5.10. The molecule has 1 N–H and O–H groups in total. The van der Waals surface area contributed by atoms with Gasteiger partial charge in [0.2, 0.25) is 0 Å². The lowest BCUT2D eigenvalue weighted by atomic mass is 10.1. The van der Waals surface area contributed by atoms with E-state index in [0.717, 1.165) is 25.1 Å². The zero-order chi connectivity index (χ0) is 17.0. The van der Waals surface area contributed by atoms with E-state index in [0.29, 0.717) is 16.7 Å². The van der Waals surface area contributed by atoms with Crippen LogP contribution in [0.3, 0.4) is 0 Å². The van der Waals surface area contributed by atoms with Crippen molar-refractivity contribution in [1.29, 1.82) is 5.26 Å². The molecule has 2 heterocycles. The van der Waals surface area contributed by atoms with Gasteiger partial charge >= 0.3 is 6.09 Å². The van der Waals surface area contributed by atoms with Crippen molar-refractivity contribution in [2.45, 2.75) is 45.3 Å². The van der Waals surface area contributed by atoms with Gasteiger partial charge in [-0.1, -0.05) is 0 Å². The number of nitrogens with zero attached hydrogens (tertiary/aromatic N) is 3. The Hall–Kier alpha value is -1.81. The highest BCUT2D eigenvalue weighted by atomic mass is 79.9. The van der Waals surface area contributed by atoms with Crippen molar-refractivity contribution >= 4 is 27.7 Å². The summed E-state index contributed by atoms with van der Waals surface area (Å²) in [6, 6.07) is 3.96. The van der Waals surface area contributed by atoms with Crippen LogP contribution in [0.25, 0.3) is 0 Å². The number of amides is 1. The Morgan fingerprint density at radius 3 is 2.91 bits per heavy atom. The summed E-state index contributed by atoms with van der Waals surface area (Å²) >= 11 is 3.36. The maximum Gasteiger partial charge on any atom is 0.407 e. The molecule has 0 spiro atoms. The highest BCUT2D eigenvalue weighted by Crippen LogP contribution is 2.24. The second-order valence-corrected chi connectivity index (χ2v) is 7.42. The van der Waals surface area contributed by atoms with Crippen LogP contribution in [0, 0.1) is 11.3 Å². The molecule has 1 fully saturated rings. The first-order valence-corrected chi connectivity index (χ1v) is 8.38. The molecular formula is C16H21BrN4O2. The van der Waals surface area contributed by atoms with Crippen LogP contribution >= 0.6 is 15.9 Å². The topological polar surface area (TPSA) is 78.2 Å². The number of anilines is 1. The predicted molar refractivity (Wildman–Crippen MR) is 91.3 cm³/mol. The van der Waals surface area contributed by atoms with E-state index in [4.69, 9.17) is 10.00 Å². The standard InChI is InChI=1S/C16H21BrN4O2/c1-16(2,3)23-15(22)20-11-5-4-6-21(10-11)12-7-13(17)14(8-18)19-9-12/h7,9,11H,4-6,10H2,1-3H3,(H,20,22)/t11-/m1/s1. The quantitative estimate of drug-likeness (QED) is 0.851. The van der Waals surface area contributed by atoms with E-state index in [2.05, 4.69) is 31.1 Å². The van der Waals surface area contributed by atoms with Crippen LogP contribution in [-0.4, -0.2) is 35.8 Å². The van der Waals surface area contributed by atoms with Crippen LogP contribution in [0.5, 0.6) is 0 Å². The van der Waals surface area contributed by atoms with Crippen LogP contribution in [0.4, 0.5) is 10.5 Å². The van der Waals surface area contributed by atoms with Crippen LogP contribution in [-0.2, 0) is 4.74 Å². The summed E-state index contributed by atoms with van der Waals surface area (Å²) < 4.78 is 5.99. The molecule has 0 aromatic carbocycles. The Labute approximate surface area is 145 Å². The van der Waals surface area contributed by atoms with Gasteiger partial charge in [-0.3, -0.25) is 0 Å². The van der Waals surface area contributed by atoms with Crippen molar-refractivity contribution in [2.75, 3.05) is 18.0 Å². The van der Waals surface area contributed by atoms with Crippen molar-refractivity contribution in [2.24, 2.45) is 0 Å². The van der Waals surface area contributed by atoms with Crippen LogP contribution in [0.15, 0.2) is 16.7 Å². The SMILES string of the molecule is CC(C)(C)OC(=O)N[C@@H]1CCCN(c2cnc(C#N)c(Br)c2)C1. The van der Waals surface area contributed by atoms with E-state index in [1.165, 1.54) is 0 Å². The third-order valence-electron chi connectivity index (χ3n) is 3.44. The van der Waals surface area contributed by atoms with Crippen LogP contribution in [0.1, 0.15) is 39.3 Å². The fraction of sp³-hybridized carbons (Fsp3) is 0.562. The highest BCUT2D eigenvalue weighted by molar-refractivity contribution is 9.10. The minimum absolute atomic E-state index is 0.0352. The molecule has 1 saturated heterocycles. The fourth-order valence-electron chi connectivity index (χ4n) is 2.49. The zero-order valence-corrected chi connectivity index (χ0v) is 15.2. The monoisotopic (exact) mass is 380 g/mol. The smallest absolute Gasteiger partial charge is 0.407 e. The Morgan fingerprint density at radius 2 is 2.30 bits per heavy atom. The summed E-state index contributed by atoms with van der Waals surface area (Å²) in [6.45, 7) is 7.13. The lowest BCUT2D eigenvalue weighted by molar-refractivity contribution is 0.0500. The van der Waals surface area contributed by atoms with E-state index in [1.807, 2.05) is 32.9 Å². The number of nitriles is 1. The van der Waals surface area contributed by atoms with Crippen molar-refractivity contribution < 1.29 is 9.53 Å². The number of hydrogen-bond acceptors (Lipinski definition) is 5. The second-order valence-electron chi connectivity index (χ2n) is 6.57. The van der Waals surface area contributed by atoms with E-state index in [1.54, 1.807) is 6.20 Å². The Bertz CT molecular complexity index is 621. The number of nitrogens with one attached hydrogen (secondary N) is 1. The van der Waals surface area contributed by atoms with Gasteiger partial charge in [0.15, 0.2) is 5.69 Å². The minimum atomic E-state index is -0.500. The fourth-order valence-corrected chi connectivity index (χ4v) is 2.91. The van der Waals surface area contributed by atoms with Gasteiger partial charge in [0.25, 0.3) is 0 Å². The molecule has 2 rings (SSSR count). The molecule has 23 heavy (non-hydrogen) atoms. The number of ether oxygens (including phenoxy) is 1. The average Bonchev–Trinajstić information content (AvgIpc) is 2.45. The zero-order valence-electron chi connectivity index (χ0n) is 13.6. The molecular weight excluding hydrogens is 360 g/mol. The van der Waals surface area contributed by atoms with Crippen LogP contribution < -0.4 is 10.2 Å².